The molecule has 1 amide bonds. The van der Waals surface area contributed by atoms with Gasteiger partial charge in [0.15, 0.2) is 0 Å². The van der Waals surface area contributed by atoms with E-state index < -0.39 is 0 Å². The van der Waals surface area contributed by atoms with Crippen molar-refractivity contribution in [3.05, 3.63) is 0 Å². The van der Waals surface area contributed by atoms with Crippen LogP contribution in [0.3, 0.4) is 0 Å². The second kappa shape index (κ2) is 11.2. The van der Waals surface area contributed by atoms with Gasteiger partial charge in [-0.25, -0.2) is 0 Å². The van der Waals surface area contributed by atoms with Gasteiger partial charge in [-0.1, -0.05) is 27.7 Å². The molecule has 1 fully saturated rings. The standard InChI is InChI=1S/C13H26N2O2.C2H6.H2/c1-4-17-12-5-8-15(9-6-12)10-7-14-13(16)11(2)3;1-2;/h11-12H,4-10H2,1-3H3,(H,14,16);1-2H3;1H. The fourth-order valence-electron chi connectivity index (χ4n) is 2.08. The minimum Gasteiger partial charge on any atom is -0.378 e. The second-order valence-corrected chi connectivity index (χ2v) is 4.94. The summed E-state index contributed by atoms with van der Waals surface area (Å²) in [5, 5.41) is 2.95. The molecule has 1 rings (SSSR count). The lowest BCUT2D eigenvalue weighted by molar-refractivity contribution is -0.124. The Kier molecular flexibility index (Phi) is 10.9. The van der Waals surface area contributed by atoms with E-state index in [1.165, 1.54) is 0 Å². The molecule has 0 radical (unpaired) electrons. The Morgan fingerprint density at radius 2 is 1.95 bits per heavy atom. The molecule has 1 N–H and O–H groups in total. The molecule has 1 aliphatic rings. The zero-order chi connectivity index (χ0) is 14.7. The van der Waals surface area contributed by atoms with Crippen LogP contribution in [0.4, 0.5) is 0 Å². The van der Waals surface area contributed by atoms with E-state index in [2.05, 4.69) is 10.2 Å². The summed E-state index contributed by atoms with van der Waals surface area (Å²) in [7, 11) is 0. The molecule has 116 valence electrons. The molecule has 0 aromatic carbocycles. The van der Waals surface area contributed by atoms with Crippen molar-refractivity contribution < 1.29 is 11.0 Å². The van der Waals surface area contributed by atoms with Crippen molar-refractivity contribution in [2.75, 3.05) is 32.8 Å². The van der Waals surface area contributed by atoms with E-state index in [1.807, 2.05) is 34.6 Å². The predicted octanol–water partition coefficient (Wildman–Crippen LogP) is 2.53. The second-order valence-electron chi connectivity index (χ2n) is 4.94. The molecule has 4 nitrogen and oxygen atoms in total. The van der Waals surface area contributed by atoms with Gasteiger partial charge in [0.25, 0.3) is 0 Å². The highest BCUT2D eigenvalue weighted by Gasteiger charge is 2.18. The van der Waals surface area contributed by atoms with Gasteiger partial charge in [0.1, 0.15) is 0 Å². The highest BCUT2D eigenvalue weighted by atomic mass is 16.5. The van der Waals surface area contributed by atoms with Crippen LogP contribution in [-0.2, 0) is 9.53 Å². The van der Waals surface area contributed by atoms with Crippen LogP contribution in [0, 0.1) is 5.92 Å². The van der Waals surface area contributed by atoms with Crippen molar-refractivity contribution in [1.82, 2.24) is 10.2 Å². The number of amides is 1. The molecule has 1 aliphatic heterocycles. The van der Waals surface area contributed by atoms with E-state index in [0.717, 1.165) is 45.6 Å². The number of likely N-dealkylation sites (tertiary alicyclic amines) is 1. The van der Waals surface area contributed by atoms with Gasteiger partial charge < -0.3 is 15.0 Å². The Labute approximate surface area is 120 Å². The van der Waals surface area contributed by atoms with Crippen LogP contribution in [0.1, 0.15) is 48.9 Å². The Hall–Kier alpha value is -0.610. The van der Waals surface area contributed by atoms with Crippen LogP contribution in [0.2, 0.25) is 0 Å². The topological polar surface area (TPSA) is 41.6 Å². The van der Waals surface area contributed by atoms with Crippen LogP contribution >= 0.6 is 0 Å². The van der Waals surface area contributed by atoms with E-state index in [-0.39, 0.29) is 13.3 Å². The predicted molar refractivity (Wildman–Crippen MR) is 82.4 cm³/mol. The normalized spacial score (nSPS) is 16.9. The summed E-state index contributed by atoms with van der Waals surface area (Å²) in [6, 6.07) is 0. The third kappa shape index (κ3) is 8.22. The Morgan fingerprint density at radius 3 is 2.42 bits per heavy atom. The first-order valence-corrected chi connectivity index (χ1v) is 7.75. The maximum atomic E-state index is 11.4. The van der Waals surface area contributed by atoms with Crippen LogP contribution in [0.5, 0.6) is 0 Å². The highest BCUT2D eigenvalue weighted by Crippen LogP contribution is 2.12. The maximum absolute atomic E-state index is 11.4. The number of carbonyl (C=O) groups excluding carboxylic acids is 1. The molecular formula is C15H34N2O2. The zero-order valence-corrected chi connectivity index (χ0v) is 13.4. The average molecular weight is 274 g/mol. The van der Waals surface area contributed by atoms with Crippen molar-refractivity contribution in [3.63, 3.8) is 0 Å². The van der Waals surface area contributed by atoms with Gasteiger partial charge in [0.05, 0.1) is 6.10 Å². The molecule has 0 saturated carbocycles. The van der Waals surface area contributed by atoms with Gasteiger partial charge in [0.2, 0.25) is 5.91 Å². The molecule has 19 heavy (non-hydrogen) atoms. The molecule has 0 aromatic rings. The summed E-state index contributed by atoms with van der Waals surface area (Å²) in [4.78, 5) is 13.8. The summed E-state index contributed by atoms with van der Waals surface area (Å²) in [5.41, 5.74) is 0. The summed E-state index contributed by atoms with van der Waals surface area (Å²) in [6.45, 7) is 14.6. The molecule has 0 spiro atoms. The molecule has 0 aliphatic carbocycles. The van der Waals surface area contributed by atoms with Crippen LogP contribution in [-0.4, -0.2) is 49.7 Å². The van der Waals surface area contributed by atoms with Crippen molar-refractivity contribution in [2.24, 2.45) is 5.92 Å². The fourth-order valence-corrected chi connectivity index (χ4v) is 2.08. The van der Waals surface area contributed by atoms with Gasteiger partial charge in [-0.05, 0) is 19.8 Å². The molecule has 0 atom stereocenters. The lowest BCUT2D eigenvalue weighted by atomic mass is 10.1. The molecule has 0 aromatic heterocycles. The molecule has 4 heteroatoms. The summed E-state index contributed by atoms with van der Waals surface area (Å²) in [6.07, 6.45) is 2.68. The van der Waals surface area contributed by atoms with Gasteiger partial charge >= 0.3 is 0 Å². The van der Waals surface area contributed by atoms with E-state index in [4.69, 9.17) is 4.74 Å². The number of ether oxygens (including phenoxy) is 1. The maximum Gasteiger partial charge on any atom is 0.222 e. The first-order valence-electron chi connectivity index (χ1n) is 7.75. The zero-order valence-electron chi connectivity index (χ0n) is 13.4. The molecule has 0 unspecified atom stereocenters. The largest absolute Gasteiger partial charge is 0.378 e. The fraction of sp³-hybridized carbons (Fsp3) is 0.933. The first kappa shape index (κ1) is 18.4. The first-order chi connectivity index (χ1) is 9.13. The van der Waals surface area contributed by atoms with Crippen molar-refractivity contribution in [3.8, 4) is 0 Å². The minimum atomic E-state index is 0. The number of piperidine rings is 1. The average Bonchev–Trinajstić information content (AvgIpc) is 2.43. The van der Waals surface area contributed by atoms with E-state index in [1.54, 1.807) is 0 Å². The number of hydrogen-bond acceptors (Lipinski definition) is 3. The third-order valence-corrected chi connectivity index (χ3v) is 3.19. The SMILES string of the molecule is CC.CCOC1CCN(CCNC(=O)C(C)C)CC1.[HH]. The highest BCUT2D eigenvalue weighted by molar-refractivity contribution is 5.77. The summed E-state index contributed by atoms with van der Waals surface area (Å²) >= 11 is 0. The number of rotatable bonds is 6. The number of carbonyl (C=O) groups is 1. The molecule has 1 saturated heterocycles. The quantitative estimate of drug-likeness (QED) is 0.809. The summed E-state index contributed by atoms with van der Waals surface area (Å²) < 4.78 is 5.61. The van der Waals surface area contributed by atoms with Crippen molar-refractivity contribution in [1.29, 1.82) is 0 Å². The Morgan fingerprint density at radius 1 is 1.37 bits per heavy atom. The van der Waals surface area contributed by atoms with Gasteiger partial charge in [0, 0.05) is 40.1 Å². The van der Waals surface area contributed by atoms with Crippen molar-refractivity contribution >= 4 is 5.91 Å². The minimum absolute atomic E-state index is 0. The van der Waals surface area contributed by atoms with Gasteiger partial charge in [-0.2, -0.15) is 0 Å². The van der Waals surface area contributed by atoms with E-state index in [9.17, 15) is 4.79 Å². The van der Waals surface area contributed by atoms with Crippen molar-refractivity contribution in [2.45, 2.75) is 53.6 Å². The number of nitrogens with zero attached hydrogens (tertiary/aromatic N) is 1. The van der Waals surface area contributed by atoms with Crippen LogP contribution < -0.4 is 5.32 Å². The van der Waals surface area contributed by atoms with Gasteiger partial charge in [-0.3, -0.25) is 4.79 Å². The number of nitrogens with one attached hydrogen (secondary N) is 1. The number of hydrogen-bond donors (Lipinski definition) is 1. The molecular weight excluding hydrogens is 240 g/mol. The Balaban J connectivity index is 0. The van der Waals surface area contributed by atoms with Crippen LogP contribution in [0.25, 0.3) is 0 Å². The Bertz CT molecular complexity index is 230. The van der Waals surface area contributed by atoms with Crippen LogP contribution in [0.15, 0.2) is 0 Å². The third-order valence-electron chi connectivity index (χ3n) is 3.19. The lowest BCUT2D eigenvalue weighted by Gasteiger charge is -2.31. The van der Waals surface area contributed by atoms with Gasteiger partial charge in [-0.15, -0.1) is 0 Å². The van der Waals surface area contributed by atoms with E-state index in [0.29, 0.717) is 6.10 Å². The summed E-state index contributed by atoms with van der Waals surface area (Å²) in [5.74, 6) is 0.230. The lowest BCUT2D eigenvalue weighted by Crippen LogP contribution is -2.42. The molecule has 1 heterocycles. The van der Waals surface area contributed by atoms with E-state index >= 15 is 0 Å². The smallest absolute Gasteiger partial charge is 0.222 e. The molecule has 0 bridgehead atoms. The monoisotopic (exact) mass is 274 g/mol.